The molecule has 27 heavy (non-hydrogen) atoms. The Kier molecular flexibility index (Phi) is 5.18. The second kappa shape index (κ2) is 7.26. The average molecular weight is 389 g/mol. The zero-order chi connectivity index (χ0) is 19.8. The van der Waals surface area contributed by atoms with Crippen molar-refractivity contribution in [3.05, 3.63) is 47.8 Å². The van der Waals surface area contributed by atoms with Gasteiger partial charge in [0.25, 0.3) is 0 Å². The monoisotopic (exact) mass is 389 g/mol. The molecule has 3 aromatic rings. The van der Waals surface area contributed by atoms with Crippen LogP contribution in [0.4, 0.5) is 11.5 Å². The predicted octanol–water partition coefficient (Wildman–Crippen LogP) is 2.34. The quantitative estimate of drug-likeness (QED) is 0.671. The van der Waals surface area contributed by atoms with Gasteiger partial charge in [-0.25, -0.2) is 17.7 Å². The zero-order valence-corrected chi connectivity index (χ0v) is 16.5. The highest BCUT2D eigenvalue weighted by Gasteiger charge is 2.17. The second-order valence-electron chi connectivity index (χ2n) is 6.72. The number of rotatable bonds is 6. The summed E-state index contributed by atoms with van der Waals surface area (Å²) in [6.07, 6.45) is 1.77. The third kappa shape index (κ3) is 3.66. The van der Waals surface area contributed by atoms with Gasteiger partial charge in [0.2, 0.25) is 10.0 Å². The molecule has 1 aromatic carbocycles. The molecule has 0 aliphatic carbocycles. The van der Waals surface area contributed by atoms with Gasteiger partial charge in [-0.3, -0.25) is 0 Å². The third-order valence-corrected chi connectivity index (χ3v) is 6.07. The average Bonchev–Trinajstić information content (AvgIpc) is 3.06. The van der Waals surface area contributed by atoms with Crippen molar-refractivity contribution >= 4 is 27.2 Å². The lowest BCUT2D eigenvalue weighted by Crippen LogP contribution is -2.22. The highest BCUT2D eigenvalue weighted by molar-refractivity contribution is 7.89. The van der Waals surface area contributed by atoms with Gasteiger partial charge in [-0.2, -0.15) is 9.61 Å². The molecule has 0 bridgehead atoms. The summed E-state index contributed by atoms with van der Waals surface area (Å²) in [5.41, 5.74) is 2.90. The zero-order valence-electron chi connectivity index (χ0n) is 15.7. The number of hydrogen-bond donors (Lipinski definition) is 2. The molecule has 0 amide bonds. The lowest BCUT2D eigenvalue weighted by atomic mass is 10.1. The second-order valence-corrected chi connectivity index (χ2v) is 8.87. The number of aliphatic hydroxyl groups excluding tert-OH is 1. The van der Waals surface area contributed by atoms with Crippen LogP contribution in [0.1, 0.15) is 31.0 Å². The summed E-state index contributed by atoms with van der Waals surface area (Å²) in [4.78, 5) is 4.69. The molecule has 144 valence electrons. The number of sulfonamides is 1. The topological polar surface area (TPSA) is 99.8 Å². The minimum Gasteiger partial charge on any atom is -0.390 e. The fourth-order valence-electron chi connectivity index (χ4n) is 2.68. The minimum atomic E-state index is -3.47. The van der Waals surface area contributed by atoms with Gasteiger partial charge in [-0.15, -0.1) is 0 Å². The summed E-state index contributed by atoms with van der Waals surface area (Å²) < 4.78 is 27.2. The lowest BCUT2D eigenvalue weighted by Gasteiger charge is -2.13. The van der Waals surface area contributed by atoms with Crippen LogP contribution in [0.3, 0.4) is 0 Å². The molecule has 2 aromatic heterocycles. The van der Waals surface area contributed by atoms with Gasteiger partial charge in [0.15, 0.2) is 5.65 Å². The van der Waals surface area contributed by atoms with E-state index in [2.05, 4.69) is 29.2 Å². The van der Waals surface area contributed by atoms with Crippen molar-refractivity contribution in [1.82, 2.24) is 18.9 Å². The van der Waals surface area contributed by atoms with E-state index in [9.17, 15) is 13.5 Å². The van der Waals surface area contributed by atoms with Gasteiger partial charge in [-0.1, -0.05) is 13.8 Å². The minimum absolute atomic E-state index is 0.187. The Morgan fingerprint density at radius 1 is 1.22 bits per heavy atom. The standard InChI is InChI=1S/C18H23N5O3S/c1-12(2)16-10-19-23-17(9-14(11-24)21-18(16)23)20-13-5-7-15(8-6-13)27(25,26)22(3)4/h5-10,12,20,24H,11H2,1-4H3. The van der Waals surface area contributed by atoms with E-state index >= 15 is 0 Å². The van der Waals surface area contributed by atoms with Crippen molar-refractivity contribution in [3.8, 4) is 0 Å². The third-order valence-electron chi connectivity index (χ3n) is 4.24. The van der Waals surface area contributed by atoms with Crippen molar-refractivity contribution in [2.45, 2.75) is 31.3 Å². The van der Waals surface area contributed by atoms with Crippen molar-refractivity contribution in [2.75, 3.05) is 19.4 Å². The highest BCUT2D eigenvalue weighted by atomic mass is 32.2. The first-order chi connectivity index (χ1) is 12.7. The maximum Gasteiger partial charge on any atom is 0.242 e. The molecule has 8 nitrogen and oxygen atoms in total. The van der Waals surface area contributed by atoms with E-state index in [0.717, 1.165) is 5.56 Å². The number of fused-ring (bicyclic) bond motifs is 1. The lowest BCUT2D eigenvalue weighted by molar-refractivity contribution is 0.277. The Morgan fingerprint density at radius 2 is 1.89 bits per heavy atom. The Morgan fingerprint density at radius 3 is 2.44 bits per heavy atom. The molecular formula is C18H23N5O3S. The Labute approximate surface area is 158 Å². The molecule has 3 rings (SSSR count). The molecular weight excluding hydrogens is 366 g/mol. The van der Waals surface area contributed by atoms with Crippen LogP contribution < -0.4 is 5.32 Å². The van der Waals surface area contributed by atoms with Gasteiger partial charge in [-0.05, 0) is 30.2 Å². The Balaban J connectivity index is 1.99. The molecule has 0 saturated heterocycles. The maximum atomic E-state index is 12.2. The van der Waals surface area contributed by atoms with Gasteiger partial charge < -0.3 is 10.4 Å². The molecule has 2 N–H and O–H groups in total. The van der Waals surface area contributed by atoms with E-state index in [1.807, 2.05) is 0 Å². The van der Waals surface area contributed by atoms with E-state index in [1.54, 1.807) is 41.0 Å². The van der Waals surface area contributed by atoms with E-state index in [4.69, 9.17) is 0 Å². The normalized spacial score (nSPS) is 12.3. The molecule has 0 aliphatic rings. The fourth-order valence-corrected chi connectivity index (χ4v) is 3.58. The van der Waals surface area contributed by atoms with E-state index in [0.29, 0.717) is 22.8 Å². The molecule has 2 heterocycles. The molecule has 0 unspecified atom stereocenters. The summed E-state index contributed by atoms with van der Waals surface area (Å²) in [7, 11) is -0.482. The van der Waals surface area contributed by atoms with Crippen molar-refractivity contribution < 1.29 is 13.5 Å². The molecule has 0 saturated carbocycles. The first-order valence-corrected chi connectivity index (χ1v) is 9.96. The van der Waals surface area contributed by atoms with Crippen LogP contribution in [0.5, 0.6) is 0 Å². The van der Waals surface area contributed by atoms with Crippen LogP contribution >= 0.6 is 0 Å². The van der Waals surface area contributed by atoms with E-state index in [1.165, 1.54) is 18.4 Å². The molecule has 0 atom stereocenters. The van der Waals surface area contributed by atoms with Crippen LogP contribution in [0, 0.1) is 0 Å². The summed E-state index contributed by atoms with van der Waals surface area (Å²) >= 11 is 0. The summed E-state index contributed by atoms with van der Waals surface area (Å²) in [6, 6.07) is 8.19. The number of anilines is 2. The van der Waals surface area contributed by atoms with Crippen LogP contribution in [-0.4, -0.2) is 46.5 Å². The van der Waals surface area contributed by atoms with Gasteiger partial charge in [0.1, 0.15) is 5.82 Å². The van der Waals surface area contributed by atoms with Crippen LogP contribution in [-0.2, 0) is 16.6 Å². The number of nitrogens with zero attached hydrogens (tertiary/aromatic N) is 4. The molecule has 0 fully saturated rings. The molecule has 0 aliphatic heterocycles. The predicted molar refractivity (Wildman–Crippen MR) is 104 cm³/mol. The maximum absolute atomic E-state index is 12.2. The van der Waals surface area contributed by atoms with E-state index < -0.39 is 10.0 Å². The van der Waals surface area contributed by atoms with Crippen LogP contribution in [0.2, 0.25) is 0 Å². The first kappa shape index (κ1) is 19.3. The van der Waals surface area contributed by atoms with Gasteiger partial charge >= 0.3 is 0 Å². The van der Waals surface area contributed by atoms with Crippen molar-refractivity contribution in [3.63, 3.8) is 0 Å². The highest BCUT2D eigenvalue weighted by Crippen LogP contribution is 2.25. The van der Waals surface area contributed by atoms with Gasteiger partial charge in [0.05, 0.1) is 23.4 Å². The SMILES string of the molecule is CC(C)c1cnn2c(Nc3ccc(S(=O)(=O)N(C)C)cc3)cc(CO)nc12. The molecule has 9 heteroatoms. The first-order valence-electron chi connectivity index (χ1n) is 8.52. The van der Waals surface area contributed by atoms with Crippen LogP contribution in [0.15, 0.2) is 41.4 Å². The van der Waals surface area contributed by atoms with Crippen molar-refractivity contribution in [2.24, 2.45) is 0 Å². The number of nitrogens with one attached hydrogen (secondary N) is 1. The number of aromatic nitrogens is 3. The number of aliphatic hydroxyl groups is 1. The summed E-state index contributed by atoms with van der Waals surface area (Å²) in [5.74, 6) is 0.881. The van der Waals surface area contributed by atoms with E-state index in [-0.39, 0.29) is 17.4 Å². The molecule has 0 radical (unpaired) electrons. The number of benzene rings is 1. The summed E-state index contributed by atoms with van der Waals surface area (Å²) in [5, 5.41) is 17.2. The fraction of sp³-hybridized carbons (Fsp3) is 0.333. The molecule has 0 spiro atoms. The Bertz CT molecular complexity index is 1060. The van der Waals surface area contributed by atoms with Gasteiger partial charge in [0, 0.05) is 31.4 Å². The largest absolute Gasteiger partial charge is 0.390 e. The van der Waals surface area contributed by atoms with Crippen molar-refractivity contribution in [1.29, 1.82) is 0 Å². The smallest absolute Gasteiger partial charge is 0.242 e. The summed E-state index contributed by atoms with van der Waals surface area (Å²) in [6.45, 7) is 3.93. The Hall–Kier alpha value is -2.49. The number of hydrogen-bond acceptors (Lipinski definition) is 6. The van der Waals surface area contributed by atoms with Crippen LogP contribution in [0.25, 0.3) is 5.65 Å².